The summed E-state index contributed by atoms with van der Waals surface area (Å²) in [7, 11) is 0. The molecular weight excluding hydrogens is 501 g/mol. The fourth-order valence-corrected chi connectivity index (χ4v) is 5.70. The molecule has 1 unspecified atom stereocenters. The second kappa shape index (κ2) is 9.71. The van der Waals surface area contributed by atoms with Crippen molar-refractivity contribution in [3.05, 3.63) is 106 Å². The molecule has 1 aliphatic rings. The first-order chi connectivity index (χ1) is 17.3. The predicted molar refractivity (Wildman–Crippen MR) is 135 cm³/mol. The average Bonchev–Trinajstić information content (AvgIpc) is 3.58. The fraction of sp³-hybridized carbons (Fsp3) is 0.154. The van der Waals surface area contributed by atoms with Crippen LogP contribution in [0.2, 0.25) is 0 Å². The molecule has 1 atom stereocenters. The van der Waals surface area contributed by atoms with E-state index in [0.29, 0.717) is 21.4 Å². The standard InChI is InChI=1S/C26H20FN3O4S2/c1-14-3-6-16(7-4-14)13-35-26-29-28-25(36-26)30-21(17-8-10-18(27)11-9-17)20(23(32)24(30)33)22(31)19-12-5-15(2)34-19/h3-12,21,32H,13H2,1-2H3. The highest BCUT2D eigenvalue weighted by atomic mass is 32.2. The Hall–Kier alpha value is -3.76. The second-order valence-corrected chi connectivity index (χ2v) is 10.4. The van der Waals surface area contributed by atoms with Gasteiger partial charge < -0.3 is 9.52 Å². The number of nitrogens with zero attached hydrogens (tertiary/aromatic N) is 3. The summed E-state index contributed by atoms with van der Waals surface area (Å²) in [5.41, 5.74) is 2.56. The van der Waals surface area contributed by atoms with E-state index in [1.165, 1.54) is 63.9 Å². The molecule has 36 heavy (non-hydrogen) atoms. The van der Waals surface area contributed by atoms with E-state index in [1.54, 1.807) is 13.0 Å². The van der Waals surface area contributed by atoms with Crippen molar-refractivity contribution < 1.29 is 23.5 Å². The molecule has 0 saturated heterocycles. The van der Waals surface area contributed by atoms with Crippen LogP contribution in [0.4, 0.5) is 9.52 Å². The van der Waals surface area contributed by atoms with Gasteiger partial charge in [-0.05, 0) is 49.2 Å². The molecule has 10 heteroatoms. The molecule has 0 bridgehead atoms. The van der Waals surface area contributed by atoms with Gasteiger partial charge in [-0.3, -0.25) is 14.5 Å². The highest BCUT2D eigenvalue weighted by molar-refractivity contribution is 8.00. The number of aliphatic hydroxyl groups is 1. The SMILES string of the molecule is Cc1ccc(CSc2nnc(N3C(=O)C(O)=C(C(=O)c4ccc(C)o4)C3c3ccc(F)cc3)s2)cc1. The van der Waals surface area contributed by atoms with Crippen molar-refractivity contribution in [2.24, 2.45) is 0 Å². The van der Waals surface area contributed by atoms with E-state index in [0.717, 1.165) is 5.56 Å². The zero-order valence-electron chi connectivity index (χ0n) is 19.3. The van der Waals surface area contributed by atoms with Crippen molar-refractivity contribution in [1.82, 2.24) is 10.2 Å². The Morgan fingerprint density at radius 1 is 1.08 bits per heavy atom. The molecule has 1 aliphatic heterocycles. The number of rotatable bonds is 7. The van der Waals surface area contributed by atoms with Gasteiger partial charge in [-0.1, -0.05) is 65.1 Å². The van der Waals surface area contributed by atoms with E-state index in [1.807, 2.05) is 31.2 Å². The Balaban J connectivity index is 1.48. The summed E-state index contributed by atoms with van der Waals surface area (Å²) >= 11 is 2.64. The zero-order valence-corrected chi connectivity index (χ0v) is 20.9. The highest BCUT2D eigenvalue weighted by Crippen LogP contribution is 2.44. The fourth-order valence-electron chi connectivity index (χ4n) is 3.87. The lowest BCUT2D eigenvalue weighted by Gasteiger charge is -2.23. The van der Waals surface area contributed by atoms with Crippen molar-refractivity contribution >= 4 is 39.9 Å². The summed E-state index contributed by atoms with van der Waals surface area (Å²) < 4.78 is 19.8. The van der Waals surface area contributed by atoms with Crippen molar-refractivity contribution in [2.75, 3.05) is 4.90 Å². The van der Waals surface area contributed by atoms with Gasteiger partial charge in [-0.15, -0.1) is 10.2 Å². The van der Waals surface area contributed by atoms with Crippen LogP contribution in [0.15, 0.2) is 80.8 Å². The topological polar surface area (TPSA) is 96.5 Å². The van der Waals surface area contributed by atoms with Crippen LogP contribution in [0.3, 0.4) is 0 Å². The third-order valence-electron chi connectivity index (χ3n) is 5.69. The van der Waals surface area contributed by atoms with Gasteiger partial charge in [0.2, 0.25) is 10.9 Å². The Morgan fingerprint density at radius 3 is 2.47 bits per heavy atom. The number of halogens is 1. The van der Waals surface area contributed by atoms with Crippen LogP contribution in [0, 0.1) is 19.7 Å². The number of hydrogen-bond acceptors (Lipinski definition) is 8. The minimum absolute atomic E-state index is 0.0117. The third-order valence-corrected chi connectivity index (χ3v) is 7.81. The maximum absolute atomic E-state index is 13.7. The van der Waals surface area contributed by atoms with Crippen LogP contribution in [-0.2, 0) is 10.5 Å². The van der Waals surface area contributed by atoms with Crippen molar-refractivity contribution in [3.63, 3.8) is 0 Å². The summed E-state index contributed by atoms with van der Waals surface area (Å²) in [6.07, 6.45) is 0. The van der Waals surface area contributed by atoms with Gasteiger partial charge in [0.15, 0.2) is 15.9 Å². The van der Waals surface area contributed by atoms with Crippen LogP contribution in [0.1, 0.15) is 39.0 Å². The molecule has 5 rings (SSSR count). The number of carbonyl (C=O) groups excluding carboxylic acids is 2. The average molecular weight is 522 g/mol. The van der Waals surface area contributed by atoms with E-state index in [4.69, 9.17) is 4.42 Å². The number of amides is 1. The molecule has 2 aromatic heterocycles. The number of anilines is 1. The second-order valence-electron chi connectivity index (χ2n) is 8.26. The minimum atomic E-state index is -1.03. The lowest BCUT2D eigenvalue weighted by Crippen LogP contribution is -2.31. The number of ketones is 1. The molecule has 2 aromatic carbocycles. The van der Waals surface area contributed by atoms with Crippen LogP contribution >= 0.6 is 23.1 Å². The maximum Gasteiger partial charge on any atom is 0.296 e. The Bertz CT molecular complexity index is 1480. The van der Waals surface area contributed by atoms with E-state index in [2.05, 4.69) is 10.2 Å². The van der Waals surface area contributed by atoms with Gasteiger partial charge in [-0.2, -0.15) is 0 Å². The minimum Gasteiger partial charge on any atom is -0.503 e. The molecule has 0 radical (unpaired) electrons. The van der Waals surface area contributed by atoms with Gasteiger partial charge in [0.1, 0.15) is 11.6 Å². The molecule has 0 fully saturated rings. The third kappa shape index (κ3) is 4.57. The Labute approximate surface area is 214 Å². The monoisotopic (exact) mass is 521 g/mol. The molecule has 4 aromatic rings. The lowest BCUT2D eigenvalue weighted by molar-refractivity contribution is -0.117. The van der Waals surface area contributed by atoms with Gasteiger partial charge in [0, 0.05) is 5.75 Å². The van der Waals surface area contributed by atoms with Crippen molar-refractivity contribution in [2.45, 2.75) is 30.0 Å². The summed E-state index contributed by atoms with van der Waals surface area (Å²) in [5, 5.41) is 19.4. The highest BCUT2D eigenvalue weighted by Gasteiger charge is 2.46. The number of thioether (sulfide) groups is 1. The van der Waals surface area contributed by atoms with E-state index < -0.39 is 29.3 Å². The smallest absolute Gasteiger partial charge is 0.296 e. The van der Waals surface area contributed by atoms with E-state index in [-0.39, 0.29) is 16.5 Å². The van der Waals surface area contributed by atoms with Gasteiger partial charge in [-0.25, -0.2) is 4.39 Å². The van der Waals surface area contributed by atoms with Crippen molar-refractivity contribution in [1.29, 1.82) is 0 Å². The van der Waals surface area contributed by atoms with Crippen LogP contribution in [-0.4, -0.2) is 27.0 Å². The molecule has 1 amide bonds. The number of carbonyl (C=O) groups is 2. The number of aliphatic hydroxyl groups excluding tert-OH is 1. The summed E-state index contributed by atoms with van der Waals surface area (Å²) in [4.78, 5) is 27.8. The quantitative estimate of drug-likeness (QED) is 0.182. The number of aromatic nitrogens is 2. The first kappa shape index (κ1) is 24.0. The zero-order chi connectivity index (χ0) is 25.4. The first-order valence-corrected chi connectivity index (χ1v) is 12.8. The van der Waals surface area contributed by atoms with E-state index >= 15 is 0 Å². The normalized spacial score (nSPS) is 15.7. The van der Waals surface area contributed by atoms with Crippen LogP contribution < -0.4 is 4.90 Å². The van der Waals surface area contributed by atoms with Gasteiger partial charge in [0.05, 0.1) is 11.6 Å². The molecular formula is C26H20FN3O4S2. The number of hydrogen-bond donors (Lipinski definition) is 1. The number of benzene rings is 2. The maximum atomic E-state index is 13.7. The summed E-state index contributed by atoms with van der Waals surface area (Å²) in [6, 6.07) is 15.6. The summed E-state index contributed by atoms with van der Waals surface area (Å²) in [6.45, 7) is 3.71. The van der Waals surface area contributed by atoms with Crippen LogP contribution in [0.5, 0.6) is 0 Å². The molecule has 0 saturated carbocycles. The summed E-state index contributed by atoms with van der Waals surface area (Å²) in [5.74, 6) is -1.43. The first-order valence-electron chi connectivity index (χ1n) is 11.0. The molecule has 3 heterocycles. The lowest BCUT2D eigenvalue weighted by atomic mass is 9.95. The molecule has 7 nitrogen and oxygen atoms in total. The van der Waals surface area contributed by atoms with Crippen molar-refractivity contribution in [3.8, 4) is 0 Å². The molecule has 182 valence electrons. The molecule has 0 aliphatic carbocycles. The molecule has 1 N–H and O–H groups in total. The van der Waals surface area contributed by atoms with Gasteiger partial charge >= 0.3 is 0 Å². The van der Waals surface area contributed by atoms with Gasteiger partial charge in [0.25, 0.3) is 5.91 Å². The number of furan rings is 1. The molecule has 0 spiro atoms. The largest absolute Gasteiger partial charge is 0.503 e. The predicted octanol–water partition coefficient (Wildman–Crippen LogP) is 5.96. The Kier molecular flexibility index (Phi) is 6.46. The van der Waals surface area contributed by atoms with Crippen LogP contribution in [0.25, 0.3) is 0 Å². The van der Waals surface area contributed by atoms with E-state index in [9.17, 15) is 19.1 Å². The number of aryl methyl sites for hydroxylation is 2. The Morgan fingerprint density at radius 2 is 1.81 bits per heavy atom. The number of Topliss-reactive ketones (excluding diaryl/α,β-unsaturated/α-hetero) is 1.